The first-order valence-corrected chi connectivity index (χ1v) is 4.94. The fraction of sp³-hybridized carbons (Fsp3) is 0.417. The molecule has 2 nitrogen and oxygen atoms in total. The monoisotopic (exact) mass is 228 g/mol. The van der Waals surface area contributed by atoms with Gasteiger partial charge in [-0.25, -0.2) is 8.78 Å². The molecule has 0 N–H and O–H groups in total. The number of carbonyl (C=O) groups is 1. The summed E-state index contributed by atoms with van der Waals surface area (Å²) in [6, 6.07) is 3.11. The Morgan fingerprint density at radius 3 is 2.44 bits per heavy atom. The number of esters is 1. The molecule has 0 aliphatic carbocycles. The topological polar surface area (TPSA) is 26.3 Å². The van der Waals surface area contributed by atoms with E-state index in [4.69, 9.17) is 4.74 Å². The van der Waals surface area contributed by atoms with Gasteiger partial charge in [0.2, 0.25) is 0 Å². The van der Waals surface area contributed by atoms with Crippen LogP contribution in [0.25, 0.3) is 0 Å². The largest absolute Gasteiger partial charge is 0.460 e. The minimum Gasteiger partial charge on any atom is -0.460 e. The van der Waals surface area contributed by atoms with Crippen LogP contribution in [0.15, 0.2) is 18.2 Å². The summed E-state index contributed by atoms with van der Waals surface area (Å²) >= 11 is 0. The van der Waals surface area contributed by atoms with Gasteiger partial charge in [0.05, 0.1) is 6.42 Å². The predicted octanol–water partition coefficient (Wildman–Crippen LogP) is 2.85. The Bertz CT molecular complexity index is 394. The van der Waals surface area contributed by atoms with E-state index in [2.05, 4.69) is 0 Å². The van der Waals surface area contributed by atoms with Crippen molar-refractivity contribution in [3.63, 3.8) is 0 Å². The number of hydrogen-bond acceptors (Lipinski definition) is 2. The Labute approximate surface area is 93.2 Å². The molecule has 0 atom stereocenters. The van der Waals surface area contributed by atoms with Crippen molar-refractivity contribution in [3.05, 3.63) is 35.4 Å². The van der Waals surface area contributed by atoms with Crippen LogP contribution < -0.4 is 0 Å². The van der Waals surface area contributed by atoms with E-state index in [9.17, 15) is 13.6 Å². The van der Waals surface area contributed by atoms with Gasteiger partial charge in [-0.3, -0.25) is 4.79 Å². The average Bonchev–Trinajstić information content (AvgIpc) is 2.06. The van der Waals surface area contributed by atoms with E-state index in [1.54, 1.807) is 20.8 Å². The van der Waals surface area contributed by atoms with Gasteiger partial charge in [-0.05, 0) is 32.4 Å². The summed E-state index contributed by atoms with van der Waals surface area (Å²) in [6.07, 6.45) is -0.191. The van der Waals surface area contributed by atoms with Gasteiger partial charge in [-0.15, -0.1) is 0 Å². The van der Waals surface area contributed by atoms with Crippen LogP contribution in [0.3, 0.4) is 0 Å². The number of hydrogen-bond donors (Lipinski definition) is 0. The number of benzene rings is 1. The molecule has 0 unspecified atom stereocenters. The van der Waals surface area contributed by atoms with E-state index in [0.717, 1.165) is 12.1 Å². The molecule has 1 aromatic rings. The van der Waals surface area contributed by atoms with Crippen LogP contribution in [-0.2, 0) is 16.0 Å². The summed E-state index contributed by atoms with van der Waals surface area (Å²) in [5.41, 5.74) is -0.469. The normalized spacial score (nSPS) is 11.3. The maximum Gasteiger partial charge on any atom is 0.310 e. The third-order valence-electron chi connectivity index (χ3n) is 1.77. The van der Waals surface area contributed by atoms with E-state index in [1.807, 2.05) is 0 Å². The van der Waals surface area contributed by atoms with Gasteiger partial charge in [-0.1, -0.05) is 6.07 Å². The molecule has 4 heteroatoms. The van der Waals surface area contributed by atoms with Crippen molar-refractivity contribution >= 4 is 5.97 Å². The molecule has 0 saturated carbocycles. The Balaban J connectivity index is 2.70. The Hall–Kier alpha value is -1.45. The molecule has 0 saturated heterocycles. The summed E-state index contributed by atoms with van der Waals surface area (Å²) in [5.74, 6) is -1.92. The first-order chi connectivity index (χ1) is 7.28. The number of rotatable bonds is 2. The highest BCUT2D eigenvalue weighted by Gasteiger charge is 2.17. The van der Waals surface area contributed by atoms with Gasteiger partial charge in [0.25, 0.3) is 0 Å². The first-order valence-electron chi connectivity index (χ1n) is 4.94. The quantitative estimate of drug-likeness (QED) is 0.727. The van der Waals surface area contributed by atoms with Crippen molar-refractivity contribution in [3.8, 4) is 0 Å². The van der Waals surface area contributed by atoms with Gasteiger partial charge in [0, 0.05) is 6.07 Å². The lowest BCUT2D eigenvalue weighted by molar-refractivity contribution is -0.153. The Kier molecular flexibility index (Phi) is 3.62. The molecule has 0 bridgehead atoms. The molecule has 0 spiro atoms. The summed E-state index contributed by atoms with van der Waals surface area (Å²) in [5, 5.41) is 0. The minimum absolute atomic E-state index is 0.135. The number of carbonyl (C=O) groups excluding carboxylic acids is 1. The van der Waals surface area contributed by atoms with E-state index >= 15 is 0 Å². The smallest absolute Gasteiger partial charge is 0.310 e. The lowest BCUT2D eigenvalue weighted by atomic mass is 10.1. The average molecular weight is 228 g/mol. The number of ether oxygens (including phenoxy) is 1. The van der Waals surface area contributed by atoms with Crippen LogP contribution in [0.1, 0.15) is 26.3 Å². The van der Waals surface area contributed by atoms with Crippen LogP contribution in [0.2, 0.25) is 0 Å². The second-order valence-electron chi connectivity index (χ2n) is 4.50. The molecule has 0 aromatic heterocycles. The molecule has 1 aromatic carbocycles. The Morgan fingerprint density at radius 2 is 1.94 bits per heavy atom. The van der Waals surface area contributed by atoms with Crippen molar-refractivity contribution in [2.75, 3.05) is 0 Å². The molecule has 16 heavy (non-hydrogen) atoms. The molecular weight excluding hydrogens is 214 g/mol. The van der Waals surface area contributed by atoms with Crippen molar-refractivity contribution in [1.29, 1.82) is 0 Å². The van der Waals surface area contributed by atoms with Crippen molar-refractivity contribution in [1.82, 2.24) is 0 Å². The van der Waals surface area contributed by atoms with Crippen LogP contribution in [0.4, 0.5) is 8.78 Å². The molecule has 0 radical (unpaired) electrons. The fourth-order valence-corrected chi connectivity index (χ4v) is 1.20. The lowest BCUT2D eigenvalue weighted by Crippen LogP contribution is -2.25. The van der Waals surface area contributed by atoms with Gasteiger partial charge >= 0.3 is 5.97 Å². The number of halogens is 2. The molecule has 0 aliphatic heterocycles. The zero-order valence-corrected chi connectivity index (χ0v) is 9.51. The van der Waals surface area contributed by atoms with E-state index in [-0.39, 0.29) is 12.0 Å². The third kappa shape index (κ3) is 3.96. The molecule has 0 fully saturated rings. The highest BCUT2D eigenvalue weighted by molar-refractivity contribution is 5.73. The molecule has 0 aliphatic rings. The van der Waals surface area contributed by atoms with Crippen LogP contribution in [-0.4, -0.2) is 11.6 Å². The molecule has 0 heterocycles. The zero-order valence-electron chi connectivity index (χ0n) is 9.51. The second kappa shape index (κ2) is 4.60. The van der Waals surface area contributed by atoms with E-state index in [1.165, 1.54) is 6.07 Å². The summed E-state index contributed by atoms with van der Waals surface area (Å²) in [6.45, 7) is 5.18. The zero-order chi connectivity index (χ0) is 12.3. The fourth-order valence-electron chi connectivity index (χ4n) is 1.20. The third-order valence-corrected chi connectivity index (χ3v) is 1.77. The van der Waals surface area contributed by atoms with Crippen molar-refractivity contribution in [2.45, 2.75) is 32.8 Å². The SMILES string of the molecule is CC(C)(C)OC(=O)Cc1ccc(F)cc1F. The highest BCUT2D eigenvalue weighted by atomic mass is 19.1. The van der Waals surface area contributed by atoms with E-state index in [0.29, 0.717) is 0 Å². The van der Waals surface area contributed by atoms with Gasteiger partial charge in [0.15, 0.2) is 0 Å². The van der Waals surface area contributed by atoms with Crippen LogP contribution in [0, 0.1) is 11.6 Å². The van der Waals surface area contributed by atoms with Gasteiger partial charge < -0.3 is 4.74 Å². The predicted molar refractivity (Wildman–Crippen MR) is 55.9 cm³/mol. The summed E-state index contributed by atoms with van der Waals surface area (Å²) < 4.78 is 30.8. The van der Waals surface area contributed by atoms with Crippen LogP contribution >= 0.6 is 0 Å². The molecule has 88 valence electrons. The first kappa shape index (κ1) is 12.6. The lowest BCUT2D eigenvalue weighted by Gasteiger charge is -2.19. The standard InChI is InChI=1S/C12H14F2O2/c1-12(2,3)16-11(15)6-8-4-5-9(13)7-10(8)14/h4-5,7H,6H2,1-3H3. The maximum atomic E-state index is 13.2. The summed E-state index contributed by atoms with van der Waals surface area (Å²) in [4.78, 5) is 11.4. The maximum absolute atomic E-state index is 13.2. The van der Waals surface area contributed by atoms with Crippen molar-refractivity contribution in [2.24, 2.45) is 0 Å². The van der Waals surface area contributed by atoms with Crippen molar-refractivity contribution < 1.29 is 18.3 Å². The molecule has 0 amide bonds. The molecular formula is C12H14F2O2. The highest BCUT2D eigenvalue weighted by Crippen LogP contribution is 2.13. The van der Waals surface area contributed by atoms with E-state index < -0.39 is 23.2 Å². The van der Waals surface area contributed by atoms with Gasteiger partial charge in [-0.2, -0.15) is 0 Å². The minimum atomic E-state index is -0.731. The molecule has 1 rings (SSSR count). The van der Waals surface area contributed by atoms with Crippen LogP contribution in [0.5, 0.6) is 0 Å². The summed E-state index contributed by atoms with van der Waals surface area (Å²) in [7, 11) is 0. The second-order valence-corrected chi connectivity index (χ2v) is 4.50. The van der Waals surface area contributed by atoms with Gasteiger partial charge in [0.1, 0.15) is 17.2 Å². The Morgan fingerprint density at radius 1 is 1.31 bits per heavy atom.